The van der Waals surface area contributed by atoms with Crippen molar-refractivity contribution in [3.05, 3.63) is 47.7 Å². The fourth-order valence-electron chi connectivity index (χ4n) is 4.88. The number of aromatic amines is 2. The molecule has 0 radical (unpaired) electrons. The standard InChI is InChI=1S/C23H32N8/c1-16(2)21-13-22(30-11-3-5-17(14-30)19-7-9-24-28-19)27-23(26-21)31-12-4-6-18(15-31)20-8-10-25-29-20/h7-10,13,16-18H,3-6,11-12,14-15H2,1-2H3,(H,24,28)(H,25,29)/t17-,18-/m1/s1. The summed E-state index contributed by atoms with van der Waals surface area (Å²) >= 11 is 0. The van der Waals surface area contributed by atoms with Crippen LogP contribution in [0, 0.1) is 0 Å². The van der Waals surface area contributed by atoms with E-state index in [9.17, 15) is 0 Å². The highest BCUT2D eigenvalue weighted by atomic mass is 15.3. The van der Waals surface area contributed by atoms with Gasteiger partial charge in [0.2, 0.25) is 5.95 Å². The molecule has 2 atom stereocenters. The van der Waals surface area contributed by atoms with Crippen LogP contribution in [0.4, 0.5) is 11.8 Å². The van der Waals surface area contributed by atoms with E-state index in [0.717, 1.165) is 56.5 Å². The smallest absolute Gasteiger partial charge is 0.227 e. The summed E-state index contributed by atoms with van der Waals surface area (Å²) in [6, 6.07) is 6.39. The van der Waals surface area contributed by atoms with Gasteiger partial charge in [-0.1, -0.05) is 13.8 Å². The third-order valence-electron chi connectivity index (χ3n) is 6.69. The molecule has 3 aromatic rings. The summed E-state index contributed by atoms with van der Waals surface area (Å²) in [5, 5.41) is 14.6. The van der Waals surface area contributed by atoms with Crippen molar-refractivity contribution in [1.29, 1.82) is 0 Å². The van der Waals surface area contributed by atoms with E-state index in [1.807, 2.05) is 12.4 Å². The average Bonchev–Trinajstić information content (AvgIpc) is 3.53. The lowest BCUT2D eigenvalue weighted by Crippen LogP contribution is -2.38. The minimum Gasteiger partial charge on any atom is -0.356 e. The average molecular weight is 421 g/mol. The van der Waals surface area contributed by atoms with E-state index in [-0.39, 0.29) is 0 Å². The van der Waals surface area contributed by atoms with E-state index in [1.54, 1.807) is 0 Å². The number of piperidine rings is 2. The Morgan fingerprint density at radius 2 is 1.48 bits per heavy atom. The summed E-state index contributed by atoms with van der Waals surface area (Å²) in [5.41, 5.74) is 3.55. The Bertz CT molecular complexity index is 893. The molecule has 0 aromatic carbocycles. The summed E-state index contributed by atoms with van der Waals surface area (Å²) in [7, 11) is 0. The first-order chi connectivity index (χ1) is 15.2. The largest absolute Gasteiger partial charge is 0.356 e. The van der Waals surface area contributed by atoms with E-state index >= 15 is 0 Å². The van der Waals surface area contributed by atoms with Gasteiger partial charge in [-0.15, -0.1) is 0 Å². The van der Waals surface area contributed by atoms with E-state index in [1.165, 1.54) is 24.2 Å². The summed E-state index contributed by atoms with van der Waals surface area (Å²) < 4.78 is 0. The molecule has 8 heteroatoms. The van der Waals surface area contributed by atoms with E-state index in [2.05, 4.69) is 62.2 Å². The molecule has 2 N–H and O–H groups in total. The van der Waals surface area contributed by atoms with Crippen LogP contribution in [0.1, 0.15) is 74.4 Å². The Labute approximate surface area is 183 Å². The molecular formula is C23H32N8. The molecular weight excluding hydrogens is 388 g/mol. The first-order valence-electron chi connectivity index (χ1n) is 11.5. The summed E-state index contributed by atoms with van der Waals surface area (Å²) in [6.07, 6.45) is 8.35. The molecule has 0 spiro atoms. The van der Waals surface area contributed by atoms with Gasteiger partial charge in [-0.25, -0.2) is 4.98 Å². The number of nitrogens with one attached hydrogen (secondary N) is 2. The number of aromatic nitrogens is 6. The molecule has 2 saturated heterocycles. The van der Waals surface area contributed by atoms with E-state index in [4.69, 9.17) is 9.97 Å². The molecule has 0 bridgehead atoms. The van der Waals surface area contributed by atoms with Gasteiger partial charge in [0.05, 0.1) is 5.69 Å². The molecule has 8 nitrogen and oxygen atoms in total. The molecule has 31 heavy (non-hydrogen) atoms. The predicted molar refractivity (Wildman–Crippen MR) is 122 cm³/mol. The maximum Gasteiger partial charge on any atom is 0.227 e. The SMILES string of the molecule is CC(C)c1cc(N2CCC[C@@H](c3ccn[nH]3)C2)nc(N2CCC[C@@H](c3ccn[nH]3)C2)n1. The molecule has 2 aliphatic heterocycles. The molecule has 5 rings (SSSR count). The monoisotopic (exact) mass is 420 g/mol. The molecule has 3 aromatic heterocycles. The van der Waals surface area contributed by atoms with Crippen LogP contribution in [0.25, 0.3) is 0 Å². The van der Waals surface area contributed by atoms with Gasteiger partial charge < -0.3 is 9.80 Å². The van der Waals surface area contributed by atoms with Crippen LogP contribution in [0.3, 0.4) is 0 Å². The van der Waals surface area contributed by atoms with Gasteiger partial charge in [0.15, 0.2) is 0 Å². The van der Waals surface area contributed by atoms with Crippen molar-refractivity contribution < 1.29 is 0 Å². The van der Waals surface area contributed by atoms with Crippen molar-refractivity contribution in [1.82, 2.24) is 30.4 Å². The number of H-pyrrole nitrogens is 2. The predicted octanol–water partition coefficient (Wildman–Crippen LogP) is 3.81. The highest BCUT2D eigenvalue weighted by Crippen LogP contribution is 2.32. The van der Waals surface area contributed by atoms with Gasteiger partial charge in [0, 0.05) is 67.9 Å². The van der Waals surface area contributed by atoms with Crippen LogP contribution in [0.2, 0.25) is 0 Å². The van der Waals surface area contributed by atoms with Gasteiger partial charge in [0.1, 0.15) is 5.82 Å². The maximum atomic E-state index is 5.08. The molecule has 5 heterocycles. The van der Waals surface area contributed by atoms with Crippen LogP contribution in [0.15, 0.2) is 30.6 Å². The van der Waals surface area contributed by atoms with Crippen molar-refractivity contribution in [3.63, 3.8) is 0 Å². The van der Waals surface area contributed by atoms with Crippen molar-refractivity contribution in [2.45, 2.75) is 57.3 Å². The summed E-state index contributed by atoms with van der Waals surface area (Å²) in [6.45, 7) is 8.36. The van der Waals surface area contributed by atoms with Gasteiger partial charge >= 0.3 is 0 Å². The zero-order valence-electron chi connectivity index (χ0n) is 18.5. The van der Waals surface area contributed by atoms with Crippen molar-refractivity contribution in [2.75, 3.05) is 36.0 Å². The topological polar surface area (TPSA) is 89.6 Å². The van der Waals surface area contributed by atoms with Crippen LogP contribution in [0.5, 0.6) is 0 Å². The Kier molecular flexibility index (Phi) is 5.61. The number of rotatable bonds is 5. The molecule has 2 fully saturated rings. The van der Waals surface area contributed by atoms with Crippen molar-refractivity contribution in [3.8, 4) is 0 Å². The molecule has 164 valence electrons. The van der Waals surface area contributed by atoms with E-state index < -0.39 is 0 Å². The minimum atomic E-state index is 0.363. The third-order valence-corrected chi connectivity index (χ3v) is 6.69. The summed E-state index contributed by atoms with van der Waals surface area (Å²) in [5.74, 6) is 3.21. The fourth-order valence-corrected chi connectivity index (χ4v) is 4.88. The fraction of sp³-hybridized carbons (Fsp3) is 0.565. The normalized spacial score (nSPS) is 22.3. The number of hydrogen-bond donors (Lipinski definition) is 2. The lowest BCUT2D eigenvalue weighted by atomic mass is 9.94. The Balaban J connectivity index is 1.41. The first-order valence-corrected chi connectivity index (χ1v) is 11.5. The highest BCUT2D eigenvalue weighted by Gasteiger charge is 2.27. The second kappa shape index (κ2) is 8.69. The molecule has 0 unspecified atom stereocenters. The van der Waals surface area contributed by atoms with Crippen LogP contribution < -0.4 is 9.80 Å². The summed E-state index contributed by atoms with van der Waals surface area (Å²) in [4.78, 5) is 14.9. The number of hydrogen-bond acceptors (Lipinski definition) is 6. The molecule has 2 aliphatic rings. The molecule has 0 saturated carbocycles. The molecule has 0 aliphatic carbocycles. The lowest BCUT2D eigenvalue weighted by molar-refractivity contribution is 0.488. The Morgan fingerprint density at radius 3 is 2.06 bits per heavy atom. The first kappa shape index (κ1) is 20.0. The zero-order chi connectivity index (χ0) is 21.2. The van der Waals surface area contributed by atoms with Crippen molar-refractivity contribution in [2.24, 2.45) is 0 Å². The zero-order valence-corrected chi connectivity index (χ0v) is 18.5. The quantitative estimate of drug-likeness (QED) is 0.652. The second-order valence-electron chi connectivity index (χ2n) is 9.20. The third kappa shape index (κ3) is 4.29. The van der Waals surface area contributed by atoms with Gasteiger partial charge in [0.25, 0.3) is 0 Å². The van der Waals surface area contributed by atoms with Gasteiger partial charge in [-0.3, -0.25) is 10.2 Å². The van der Waals surface area contributed by atoms with Gasteiger partial charge in [-0.2, -0.15) is 15.2 Å². The lowest BCUT2D eigenvalue weighted by Gasteiger charge is -2.35. The highest BCUT2D eigenvalue weighted by molar-refractivity contribution is 5.48. The van der Waals surface area contributed by atoms with Crippen molar-refractivity contribution >= 4 is 11.8 Å². The molecule has 0 amide bonds. The van der Waals surface area contributed by atoms with Crippen LogP contribution in [-0.2, 0) is 0 Å². The maximum absolute atomic E-state index is 5.08. The second-order valence-corrected chi connectivity index (χ2v) is 9.20. The Hall–Kier alpha value is -2.90. The van der Waals surface area contributed by atoms with Crippen LogP contribution in [-0.4, -0.2) is 56.5 Å². The number of nitrogens with zero attached hydrogens (tertiary/aromatic N) is 6. The number of anilines is 2. The van der Waals surface area contributed by atoms with Crippen LogP contribution >= 0.6 is 0 Å². The minimum absolute atomic E-state index is 0.363. The van der Waals surface area contributed by atoms with E-state index in [0.29, 0.717) is 17.8 Å². The van der Waals surface area contributed by atoms with Gasteiger partial charge in [-0.05, 0) is 43.7 Å². The Morgan fingerprint density at radius 1 is 0.871 bits per heavy atom.